The third-order valence-corrected chi connectivity index (χ3v) is 6.53. The van der Waals surface area contributed by atoms with Gasteiger partial charge in [0, 0.05) is 19.6 Å². The molecular formula is C26H30N2O7. The number of nitrogens with one attached hydrogen (secondary N) is 2. The van der Waals surface area contributed by atoms with E-state index in [1.54, 1.807) is 6.92 Å². The minimum absolute atomic E-state index is 0.0771. The highest BCUT2D eigenvalue weighted by Gasteiger charge is 2.38. The van der Waals surface area contributed by atoms with E-state index in [1.807, 2.05) is 36.4 Å². The number of fused-ring (bicyclic) bond motifs is 3. The molecule has 35 heavy (non-hydrogen) atoms. The Morgan fingerprint density at radius 1 is 1.06 bits per heavy atom. The summed E-state index contributed by atoms with van der Waals surface area (Å²) in [6.07, 6.45) is -1.08. The second kappa shape index (κ2) is 10.5. The van der Waals surface area contributed by atoms with Crippen molar-refractivity contribution in [3.05, 3.63) is 59.7 Å². The fourth-order valence-electron chi connectivity index (χ4n) is 4.75. The van der Waals surface area contributed by atoms with Crippen LogP contribution in [0.25, 0.3) is 11.1 Å². The lowest BCUT2D eigenvalue weighted by Gasteiger charge is -2.29. The van der Waals surface area contributed by atoms with Gasteiger partial charge in [0.2, 0.25) is 5.91 Å². The van der Waals surface area contributed by atoms with Crippen molar-refractivity contribution in [3.8, 4) is 11.1 Å². The van der Waals surface area contributed by atoms with Crippen molar-refractivity contribution < 1.29 is 33.7 Å². The highest BCUT2D eigenvalue weighted by atomic mass is 16.6. The van der Waals surface area contributed by atoms with Crippen molar-refractivity contribution >= 4 is 18.0 Å². The van der Waals surface area contributed by atoms with E-state index in [0.717, 1.165) is 22.3 Å². The lowest BCUT2D eigenvalue weighted by molar-refractivity contribution is -0.149. The molecule has 2 amide bonds. The number of carboxylic acids is 1. The molecule has 1 saturated heterocycles. The molecule has 0 saturated carbocycles. The van der Waals surface area contributed by atoms with Crippen LogP contribution in [0.4, 0.5) is 4.79 Å². The molecule has 1 aliphatic carbocycles. The van der Waals surface area contributed by atoms with Gasteiger partial charge in [0.1, 0.15) is 12.1 Å². The number of alkyl carbamates (subject to hydrolysis) is 1. The average Bonchev–Trinajstić information content (AvgIpc) is 3.44. The Balaban J connectivity index is 1.35. The number of hydrogen-bond acceptors (Lipinski definition) is 6. The SMILES string of the molecule is COCC(C)(NC(=O)OCC1c2ccccc2-c2ccccc21)C(=O)NCC1CCC(C(=O)O)O1. The summed E-state index contributed by atoms with van der Waals surface area (Å²) < 4.78 is 16.2. The quantitative estimate of drug-likeness (QED) is 0.502. The predicted octanol–water partition coefficient (Wildman–Crippen LogP) is 2.68. The summed E-state index contributed by atoms with van der Waals surface area (Å²) in [6.45, 7) is 1.72. The lowest BCUT2D eigenvalue weighted by Crippen LogP contribution is -2.60. The number of ether oxygens (including phenoxy) is 3. The largest absolute Gasteiger partial charge is 0.479 e. The number of methoxy groups -OCH3 is 1. The maximum absolute atomic E-state index is 12.9. The second-order valence-corrected chi connectivity index (χ2v) is 9.09. The van der Waals surface area contributed by atoms with Gasteiger partial charge in [-0.2, -0.15) is 0 Å². The smallest absolute Gasteiger partial charge is 0.408 e. The predicted molar refractivity (Wildman–Crippen MR) is 127 cm³/mol. The molecule has 0 spiro atoms. The van der Waals surface area contributed by atoms with Crippen molar-refractivity contribution in [1.29, 1.82) is 0 Å². The Labute approximate surface area is 203 Å². The topological polar surface area (TPSA) is 123 Å². The summed E-state index contributed by atoms with van der Waals surface area (Å²) in [6, 6.07) is 16.1. The van der Waals surface area contributed by atoms with Gasteiger partial charge in [0.15, 0.2) is 6.10 Å². The van der Waals surface area contributed by atoms with Crippen molar-refractivity contribution in [2.24, 2.45) is 0 Å². The Hall–Kier alpha value is -3.43. The minimum Gasteiger partial charge on any atom is -0.479 e. The van der Waals surface area contributed by atoms with E-state index >= 15 is 0 Å². The molecule has 1 aliphatic heterocycles. The van der Waals surface area contributed by atoms with Crippen LogP contribution in [0.3, 0.4) is 0 Å². The van der Waals surface area contributed by atoms with Gasteiger partial charge < -0.3 is 30.0 Å². The van der Waals surface area contributed by atoms with Gasteiger partial charge in [-0.15, -0.1) is 0 Å². The molecule has 3 atom stereocenters. The van der Waals surface area contributed by atoms with Crippen LogP contribution < -0.4 is 10.6 Å². The van der Waals surface area contributed by atoms with Crippen LogP contribution in [-0.4, -0.2) is 67.7 Å². The number of aliphatic carboxylic acids is 1. The number of amides is 2. The van der Waals surface area contributed by atoms with Gasteiger partial charge in [0.05, 0.1) is 12.7 Å². The van der Waals surface area contributed by atoms with E-state index in [9.17, 15) is 14.4 Å². The Bertz CT molecular complexity index is 1060. The number of carbonyl (C=O) groups is 3. The van der Waals surface area contributed by atoms with Crippen molar-refractivity contribution in [3.63, 3.8) is 0 Å². The van der Waals surface area contributed by atoms with E-state index < -0.39 is 35.7 Å². The molecule has 4 rings (SSSR count). The molecule has 186 valence electrons. The molecule has 2 aliphatic rings. The van der Waals surface area contributed by atoms with Gasteiger partial charge >= 0.3 is 12.1 Å². The van der Waals surface area contributed by atoms with Crippen LogP contribution in [0, 0.1) is 0 Å². The number of hydrogen-bond donors (Lipinski definition) is 3. The third-order valence-electron chi connectivity index (χ3n) is 6.53. The molecular weight excluding hydrogens is 452 g/mol. The van der Waals surface area contributed by atoms with Gasteiger partial charge in [-0.3, -0.25) is 4.79 Å². The van der Waals surface area contributed by atoms with Crippen molar-refractivity contribution in [1.82, 2.24) is 10.6 Å². The first-order chi connectivity index (χ1) is 16.8. The monoisotopic (exact) mass is 482 g/mol. The van der Waals surface area contributed by atoms with Crippen molar-refractivity contribution in [2.45, 2.75) is 43.4 Å². The van der Waals surface area contributed by atoms with E-state index in [2.05, 4.69) is 22.8 Å². The normalized spacial score (nSPS) is 20.4. The van der Waals surface area contributed by atoms with Crippen LogP contribution in [0.5, 0.6) is 0 Å². The van der Waals surface area contributed by atoms with Crippen LogP contribution in [0.15, 0.2) is 48.5 Å². The van der Waals surface area contributed by atoms with Crippen LogP contribution in [-0.2, 0) is 23.8 Å². The Morgan fingerprint density at radius 2 is 1.69 bits per heavy atom. The van der Waals surface area contributed by atoms with E-state index in [1.165, 1.54) is 7.11 Å². The summed E-state index contributed by atoms with van der Waals surface area (Å²) in [7, 11) is 1.43. The number of carbonyl (C=O) groups excluding carboxylic acids is 2. The van der Waals surface area contributed by atoms with E-state index in [4.69, 9.17) is 19.3 Å². The number of carboxylic acid groups (broad SMARTS) is 1. The van der Waals surface area contributed by atoms with Gasteiger partial charge in [-0.1, -0.05) is 48.5 Å². The zero-order chi connectivity index (χ0) is 25.0. The first-order valence-corrected chi connectivity index (χ1v) is 11.6. The Morgan fingerprint density at radius 3 is 2.26 bits per heavy atom. The molecule has 2 aromatic rings. The molecule has 1 heterocycles. The zero-order valence-corrected chi connectivity index (χ0v) is 19.8. The number of rotatable bonds is 9. The maximum Gasteiger partial charge on any atom is 0.408 e. The zero-order valence-electron chi connectivity index (χ0n) is 19.8. The minimum atomic E-state index is -1.39. The van der Waals surface area contributed by atoms with Gasteiger partial charge in [-0.05, 0) is 42.0 Å². The average molecular weight is 483 g/mol. The Kier molecular flexibility index (Phi) is 7.37. The number of benzene rings is 2. The molecule has 0 bridgehead atoms. The molecule has 1 fully saturated rings. The van der Waals surface area contributed by atoms with Crippen LogP contribution in [0.1, 0.15) is 36.8 Å². The van der Waals surface area contributed by atoms with E-state index in [-0.39, 0.29) is 25.7 Å². The molecule has 0 radical (unpaired) electrons. The van der Waals surface area contributed by atoms with Crippen LogP contribution in [0.2, 0.25) is 0 Å². The molecule has 3 N–H and O–H groups in total. The summed E-state index contributed by atoms with van der Waals surface area (Å²) in [4.78, 5) is 36.7. The molecule has 2 aromatic carbocycles. The summed E-state index contributed by atoms with van der Waals surface area (Å²) in [5.41, 5.74) is 3.05. The molecule has 9 nitrogen and oxygen atoms in total. The maximum atomic E-state index is 12.9. The fourth-order valence-corrected chi connectivity index (χ4v) is 4.75. The van der Waals surface area contributed by atoms with Gasteiger partial charge in [-0.25, -0.2) is 9.59 Å². The van der Waals surface area contributed by atoms with E-state index in [0.29, 0.717) is 12.8 Å². The molecule has 9 heteroatoms. The highest BCUT2D eigenvalue weighted by molar-refractivity contribution is 5.90. The second-order valence-electron chi connectivity index (χ2n) is 9.09. The molecule has 3 unspecified atom stereocenters. The van der Waals surface area contributed by atoms with Crippen LogP contribution >= 0.6 is 0 Å². The summed E-state index contributed by atoms with van der Waals surface area (Å²) >= 11 is 0. The fraction of sp³-hybridized carbons (Fsp3) is 0.423. The molecule has 0 aromatic heterocycles. The van der Waals surface area contributed by atoms with Crippen molar-refractivity contribution in [2.75, 3.05) is 26.9 Å². The summed E-state index contributed by atoms with van der Waals surface area (Å²) in [5.74, 6) is -1.59. The summed E-state index contributed by atoms with van der Waals surface area (Å²) in [5, 5.41) is 14.4. The lowest BCUT2D eigenvalue weighted by atomic mass is 9.98. The standard InChI is InChI=1S/C26H30N2O7/c1-26(15-33-2,24(31)27-13-16-11-12-22(35-16)23(29)30)28-25(32)34-14-21-19-9-5-3-7-17(19)18-8-4-6-10-20(18)21/h3-10,16,21-22H,11-15H2,1-2H3,(H,27,31)(H,28,32)(H,29,30). The first-order valence-electron chi connectivity index (χ1n) is 11.6. The van der Waals surface area contributed by atoms with Gasteiger partial charge in [0.25, 0.3) is 0 Å². The highest BCUT2D eigenvalue weighted by Crippen LogP contribution is 2.44. The third kappa shape index (κ3) is 5.31. The first kappa shape index (κ1) is 24.7.